The largest absolute Gasteiger partial charge is 0.338 e. The standard InChI is InChI=1S/C22H32ClN3O/c23-18-9-7-16(8-10-18)15-26(19-11-12-19)21(14-24)22(27)25-13-3-5-17-4-1-2-6-20(17)25/h7-10,17,19-21H,1-6,11-15,24H2/t17-,20+,21-/m1/s1. The Hall–Kier alpha value is -1.10. The maximum atomic E-state index is 13.6. The summed E-state index contributed by atoms with van der Waals surface area (Å²) in [4.78, 5) is 18.2. The molecule has 0 aromatic heterocycles. The molecule has 2 saturated carbocycles. The van der Waals surface area contributed by atoms with Crippen LogP contribution in [0, 0.1) is 5.92 Å². The quantitative estimate of drug-likeness (QED) is 0.804. The highest BCUT2D eigenvalue weighted by Crippen LogP contribution is 2.37. The smallest absolute Gasteiger partial charge is 0.241 e. The van der Waals surface area contributed by atoms with E-state index in [9.17, 15) is 4.79 Å². The Kier molecular flexibility index (Phi) is 6.05. The Morgan fingerprint density at radius 3 is 2.52 bits per heavy atom. The lowest BCUT2D eigenvalue weighted by Crippen LogP contribution is -2.58. The monoisotopic (exact) mass is 389 g/mol. The van der Waals surface area contributed by atoms with E-state index in [2.05, 4.69) is 21.9 Å². The first-order valence-electron chi connectivity index (χ1n) is 10.7. The summed E-state index contributed by atoms with van der Waals surface area (Å²) in [5.74, 6) is 0.982. The van der Waals surface area contributed by atoms with Crippen molar-refractivity contribution in [3.8, 4) is 0 Å². The second-order valence-electron chi connectivity index (χ2n) is 8.57. The van der Waals surface area contributed by atoms with Crippen LogP contribution in [0.3, 0.4) is 0 Å². The Labute approximate surface area is 168 Å². The van der Waals surface area contributed by atoms with Crippen LogP contribution >= 0.6 is 11.6 Å². The Morgan fingerprint density at radius 2 is 1.81 bits per heavy atom. The third-order valence-electron chi connectivity index (χ3n) is 6.73. The molecule has 2 aliphatic carbocycles. The van der Waals surface area contributed by atoms with Crippen LogP contribution in [0.25, 0.3) is 0 Å². The number of benzene rings is 1. The minimum atomic E-state index is -0.200. The van der Waals surface area contributed by atoms with E-state index in [0.717, 1.165) is 24.5 Å². The molecule has 1 amide bonds. The van der Waals surface area contributed by atoms with Gasteiger partial charge >= 0.3 is 0 Å². The van der Waals surface area contributed by atoms with Gasteiger partial charge in [0.1, 0.15) is 6.04 Å². The molecule has 0 unspecified atom stereocenters. The molecule has 27 heavy (non-hydrogen) atoms. The summed E-state index contributed by atoms with van der Waals surface area (Å²) in [6.07, 6.45) is 9.83. The van der Waals surface area contributed by atoms with Crippen molar-refractivity contribution in [1.29, 1.82) is 0 Å². The minimum Gasteiger partial charge on any atom is -0.338 e. The van der Waals surface area contributed by atoms with Crippen LogP contribution in [0.2, 0.25) is 5.02 Å². The summed E-state index contributed by atoms with van der Waals surface area (Å²) in [5, 5.41) is 0.750. The van der Waals surface area contributed by atoms with Gasteiger partial charge < -0.3 is 10.6 Å². The molecule has 1 saturated heterocycles. The average Bonchev–Trinajstić information content (AvgIpc) is 3.54. The van der Waals surface area contributed by atoms with Crippen LogP contribution in [0.5, 0.6) is 0 Å². The number of likely N-dealkylation sites (tertiary alicyclic amines) is 1. The molecule has 2 N–H and O–H groups in total. The number of carbonyl (C=O) groups excluding carboxylic acids is 1. The van der Waals surface area contributed by atoms with Crippen molar-refractivity contribution in [3.05, 3.63) is 34.9 Å². The van der Waals surface area contributed by atoms with E-state index < -0.39 is 0 Å². The van der Waals surface area contributed by atoms with Crippen LogP contribution in [-0.2, 0) is 11.3 Å². The highest BCUT2D eigenvalue weighted by molar-refractivity contribution is 6.30. The van der Waals surface area contributed by atoms with Crippen molar-refractivity contribution in [1.82, 2.24) is 9.80 Å². The lowest BCUT2D eigenvalue weighted by Gasteiger charge is -2.46. The number of nitrogens with zero attached hydrogens (tertiary/aromatic N) is 2. The number of rotatable bonds is 6. The number of piperidine rings is 1. The van der Waals surface area contributed by atoms with Crippen LogP contribution in [0.4, 0.5) is 0 Å². The first-order chi connectivity index (χ1) is 13.2. The maximum absolute atomic E-state index is 13.6. The Balaban J connectivity index is 1.51. The molecular weight excluding hydrogens is 358 g/mol. The Morgan fingerprint density at radius 1 is 1.11 bits per heavy atom. The summed E-state index contributed by atoms with van der Waals surface area (Å²) >= 11 is 6.04. The molecule has 0 radical (unpaired) electrons. The molecule has 1 aliphatic heterocycles. The number of amides is 1. The fourth-order valence-electron chi connectivity index (χ4n) is 5.17. The lowest BCUT2D eigenvalue weighted by molar-refractivity contribution is -0.143. The van der Waals surface area contributed by atoms with E-state index in [1.165, 1.54) is 50.5 Å². The minimum absolute atomic E-state index is 0.200. The fourth-order valence-corrected chi connectivity index (χ4v) is 5.29. The zero-order chi connectivity index (χ0) is 18.8. The van der Waals surface area contributed by atoms with Crippen molar-refractivity contribution in [2.75, 3.05) is 13.1 Å². The van der Waals surface area contributed by atoms with Crippen LogP contribution in [0.15, 0.2) is 24.3 Å². The SMILES string of the molecule is NC[C@H](C(=O)N1CCC[C@H]2CCCC[C@@H]21)N(Cc1ccc(Cl)cc1)C1CC1. The zero-order valence-corrected chi connectivity index (χ0v) is 16.9. The van der Waals surface area contributed by atoms with Crippen molar-refractivity contribution >= 4 is 17.5 Å². The average molecular weight is 390 g/mol. The van der Waals surface area contributed by atoms with Gasteiger partial charge in [-0.3, -0.25) is 9.69 Å². The zero-order valence-electron chi connectivity index (χ0n) is 16.2. The molecule has 1 heterocycles. The molecule has 3 fully saturated rings. The first-order valence-corrected chi connectivity index (χ1v) is 11.1. The van der Waals surface area contributed by atoms with Gasteiger partial charge in [-0.15, -0.1) is 0 Å². The highest BCUT2D eigenvalue weighted by atomic mass is 35.5. The number of nitrogens with two attached hydrogens (primary N) is 1. The molecule has 5 heteroatoms. The van der Waals surface area contributed by atoms with E-state index in [1.807, 2.05) is 12.1 Å². The van der Waals surface area contributed by atoms with E-state index >= 15 is 0 Å². The molecule has 3 aliphatic rings. The van der Waals surface area contributed by atoms with E-state index in [1.54, 1.807) is 0 Å². The first kappa shape index (κ1) is 19.2. The third-order valence-corrected chi connectivity index (χ3v) is 6.98. The van der Waals surface area contributed by atoms with E-state index in [4.69, 9.17) is 17.3 Å². The summed E-state index contributed by atoms with van der Waals surface area (Å²) in [7, 11) is 0. The van der Waals surface area contributed by atoms with Crippen LogP contribution < -0.4 is 5.73 Å². The number of carbonyl (C=O) groups is 1. The summed E-state index contributed by atoms with van der Waals surface area (Å²) in [6.45, 7) is 2.09. The molecular formula is C22H32ClN3O. The third kappa shape index (κ3) is 4.33. The van der Waals surface area contributed by atoms with Gasteiger partial charge in [0.15, 0.2) is 0 Å². The topological polar surface area (TPSA) is 49.6 Å². The van der Waals surface area contributed by atoms with Gasteiger partial charge in [0.25, 0.3) is 0 Å². The normalized spacial score (nSPS) is 26.7. The second kappa shape index (κ2) is 8.50. The van der Waals surface area contributed by atoms with Crippen molar-refractivity contribution in [2.24, 2.45) is 11.7 Å². The van der Waals surface area contributed by atoms with Gasteiger partial charge in [-0.05, 0) is 62.1 Å². The van der Waals surface area contributed by atoms with Gasteiger partial charge in [-0.2, -0.15) is 0 Å². The van der Waals surface area contributed by atoms with Crippen LogP contribution in [-0.4, -0.2) is 46.9 Å². The summed E-state index contributed by atoms with van der Waals surface area (Å²) in [5.41, 5.74) is 7.38. The van der Waals surface area contributed by atoms with Gasteiger partial charge in [0, 0.05) is 36.7 Å². The second-order valence-corrected chi connectivity index (χ2v) is 9.00. The van der Waals surface area contributed by atoms with Crippen LogP contribution in [0.1, 0.15) is 56.9 Å². The van der Waals surface area contributed by atoms with Gasteiger partial charge in [0.05, 0.1) is 0 Å². The highest BCUT2D eigenvalue weighted by Gasteiger charge is 2.42. The molecule has 4 nitrogen and oxygen atoms in total. The van der Waals surface area contributed by atoms with Gasteiger partial charge in [-0.1, -0.05) is 36.6 Å². The van der Waals surface area contributed by atoms with E-state index in [0.29, 0.717) is 24.5 Å². The molecule has 1 aromatic carbocycles. The lowest BCUT2D eigenvalue weighted by atomic mass is 9.78. The predicted molar refractivity (Wildman–Crippen MR) is 110 cm³/mol. The predicted octanol–water partition coefficient (Wildman–Crippen LogP) is 3.81. The van der Waals surface area contributed by atoms with Crippen molar-refractivity contribution < 1.29 is 4.79 Å². The van der Waals surface area contributed by atoms with Crippen molar-refractivity contribution in [3.63, 3.8) is 0 Å². The molecule has 4 rings (SSSR count). The number of halogens is 1. The van der Waals surface area contributed by atoms with E-state index in [-0.39, 0.29) is 11.9 Å². The maximum Gasteiger partial charge on any atom is 0.241 e. The summed E-state index contributed by atoms with van der Waals surface area (Å²) in [6, 6.07) is 8.73. The Bertz CT molecular complexity index is 643. The van der Waals surface area contributed by atoms with Crippen molar-refractivity contribution in [2.45, 2.75) is 76.0 Å². The number of hydrogen-bond donors (Lipinski definition) is 1. The molecule has 148 valence electrons. The van der Waals surface area contributed by atoms with Gasteiger partial charge in [0.2, 0.25) is 5.91 Å². The fraction of sp³-hybridized carbons (Fsp3) is 0.682. The number of fused-ring (bicyclic) bond motifs is 1. The molecule has 0 bridgehead atoms. The number of hydrogen-bond acceptors (Lipinski definition) is 3. The van der Waals surface area contributed by atoms with Gasteiger partial charge in [-0.25, -0.2) is 0 Å². The molecule has 1 aromatic rings. The molecule has 3 atom stereocenters. The molecule has 0 spiro atoms. The summed E-state index contributed by atoms with van der Waals surface area (Å²) < 4.78 is 0.